The topological polar surface area (TPSA) is 141 Å². The van der Waals surface area contributed by atoms with Crippen LogP contribution in [-0.4, -0.2) is 67.7 Å². The van der Waals surface area contributed by atoms with Gasteiger partial charge in [-0.3, -0.25) is 9.36 Å². The number of aliphatic hydroxyl groups is 2. The van der Waals surface area contributed by atoms with E-state index < -0.39 is 30.1 Å². The number of nitrogens with one attached hydrogen (secondary N) is 1. The minimum Gasteiger partial charge on any atom is -0.497 e. The molecule has 1 aliphatic heterocycles. The van der Waals surface area contributed by atoms with Crippen LogP contribution in [0.1, 0.15) is 33.3 Å². The summed E-state index contributed by atoms with van der Waals surface area (Å²) in [7, 11) is 1.61. The molecular formula is C37H33N5O6. The predicted octanol–water partition coefficient (Wildman–Crippen LogP) is 4.72. The number of methoxy groups -OCH3 is 1. The SMILES string of the molecule is COc1cccc(C(OC[C@H]2O[C@@H](n3cnc4c(NC(=O)c5ccccc5)ncnc43)[C@H](O)[C@@H]2O)(c2ccccc2)c2ccccc2)c1. The fourth-order valence-corrected chi connectivity index (χ4v) is 6.14. The molecular weight excluding hydrogens is 610 g/mol. The number of aromatic nitrogens is 4. The van der Waals surface area contributed by atoms with Crippen LogP contribution in [0.2, 0.25) is 0 Å². The minimum absolute atomic E-state index is 0.0876. The number of anilines is 1. The number of rotatable bonds is 10. The minimum atomic E-state index is -1.34. The summed E-state index contributed by atoms with van der Waals surface area (Å²) in [6, 6.07) is 36.0. The Labute approximate surface area is 276 Å². The molecule has 0 unspecified atom stereocenters. The van der Waals surface area contributed by atoms with Crippen molar-refractivity contribution in [1.29, 1.82) is 0 Å². The van der Waals surface area contributed by atoms with Crippen molar-refractivity contribution in [3.05, 3.63) is 150 Å². The van der Waals surface area contributed by atoms with Crippen molar-refractivity contribution in [2.24, 2.45) is 0 Å². The summed E-state index contributed by atoms with van der Waals surface area (Å²) in [5.41, 5.74) is 2.48. The molecule has 6 aromatic rings. The van der Waals surface area contributed by atoms with Gasteiger partial charge in [0.2, 0.25) is 0 Å². The van der Waals surface area contributed by atoms with Crippen molar-refractivity contribution >= 4 is 22.9 Å². The van der Waals surface area contributed by atoms with Crippen molar-refractivity contribution in [3.8, 4) is 5.75 Å². The highest BCUT2D eigenvalue weighted by molar-refractivity contribution is 6.06. The van der Waals surface area contributed by atoms with Gasteiger partial charge < -0.3 is 29.7 Å². The second kappa shape index (κ2) is 13.3. The molecule has 4 aromatic carbocycles. The summed E-state index contributed by atoms with van der Waals surface area (Å²) in [5.74, 6) is 0.508. The molecule has 1 aliphatic rings. The number of carbonyl (C=O) groups excluding carboxylic acids is 1. The maximum atomic E-state index is 12.8. The number of benzene rings is 4. The summed E-state index contributed by atoms with van der Waals surface area (Å²) < 4.78 is 20.3. The lowest BCUT2D eigenvalue weighted by atomic mass is 9.80. The third-order valence-corrected chi connectivity index (χ3v) is 8.54. The number of imidazole rings is 1. The van der Waals surface area contributed by atoms with Crippen molar-refractivity contribution in [3.63, 3.8) is 0 Å². The monoisotopic (exact) mass is 643 g/mol. The first-order chi connectivity index (χ1) is 23.5. The van der Waals surface area contributed by atoms with Crippen LogP contribution in [0.25, 0.3) is 11.2 Å². The Balaban J connectivity index is 1.20. The van der Waals surface area contributed by atoms with Crippen molar-refractivity contribution in [1.82, 2.24) is 19.5 Å². The molecule has 48 heavy (non-hydrogen) atoms. The van der Waals surface area contributed by atoms with Crippen molar-refractivity contribution in [2.45, 2.75) is 30.1 Å². The highest BCUT2D eigenvalue weighted by atomic mass is 16.6. The van der Waals surface area contributed by atoms with Gasteiger partial charge >= 0.3 is 0 Å². The summed E-state index contributed by atoms with van der Waals surface area (Å²) >= 11 is 0. The maximum absolute atomic E-state index is 12.8. The molecule has 3 heterocycles. The molecule has 7 rings (SSSR count). The highest BCUT2D eigenvalue weighted by Gasteiger charge is 2.47. The molecule has 2 aromatic heterocycles. The summed E-state index contributed by atoms with van der Waals surface area (Å²) in [6.45, 7) is -0.0876. The molecule has 11 nitrogen and oxygen atoms in total. The number of fused-ring (bicyclic) bond motifs is 1. The Bertz CT molecular complexity index is 1970. The number of nitrogens with zero attached hydrogens (tertiary/aromatic N) is 4. The number of amides is 1. The van der Waals surface area contributed by atoms with Gasteiger partial charge in [0, 0.05) is 5.56 Å². The zero-order valence-electron chi connectivity index (χ0n) is 26.0. The Morgan fingerprint density at radius 1 is 0.833 bits per heavy atom. The van der Waals surface area contributed by atoms with E-state index in [1.807, 2.05) is 91.0 Å². The molecule has 0 radical (unpaired) electrons. The molecule has 1 fully saturated rings. The summed E-state index contributed by atoms with van der Waals surface area (Å²) in [5, 5.41) is 25.3. The molecule has 3 N–H and O–H groups in total. The molecule has 0 bridgehead atoms. The number of ether oxygens (including phenoxy) is 3. The van der Waals surface area contributed by atoms with E-state index in [4.69, 9.17) is 14.2 Å². The van der Waals surface area contributed by atoms with Gasteiger partial charge in [-0.1, -0.05) is 91.0 Å². The third-order valence-electron chi connectivity index (χ3n) is 8.54. The molecule has 242 valence electrons. The first-order valence-electron chi connectivity index (χ1n) is 15.4. The average molecular weight is 644 g/mol. The van der Waals surface area contributed by atoms with E-state index >= 15 is 0 Å². The van der Waals surface area contributed by atoms with Crippen LogP contribution in [0, 0.1) is 0 Å². The lowest BCUT2D eigenvalue weighted by Crippen LogP contribution is -2.39. The van der Waals surface area contributed by atoms with E-state index in [1.165, 1.54) is 17.2 Å². The number of hydrogen-bond acceptors (Lipinski definition) is 9. The van der Waals surface area contributed by atoms with Gasteiger partial charge in [-0.2, -0.15) is 0 Å². The van der Waals surface area contributed by atoms with Crippen LogP contribution in [-0.2, 0) is 15.1 Å². The van der Waals surface area contributed by atoms with Gasteiger partial charge in [0.15, 0.2) is 23.2 Å². The number of aliphatic hydroxyl groups excluding tert-OH is 2. The van der Waals surface area contributed by atoms with Crippen LogP contribution in [0.3, 0.4) is 0 Å². The van der Waals surface area contributed by atoms with Gasteiger partial charge in [0.1, 0.15) is 36.0 Å². The largest absolute Gasteiger partial charge is 0.497 e. The van der Waals surface area contributed by atoms with E-state index in [-0.39, 0.29) is 18.3 Å². The summed E-state index contributed by atoms with van der Waals surface area (Å²) in [4.78, 5) is 25.8. The lowest BCUT2D eigenvalue weighted by molar-refractivity contribution is -0.0942. The maximum Gasteiger partial charge on any atom is 0.256 e. The van der Waals surface area contributed by atoms with Gasteiger partial charge in [-0.05, 0) is 41.0 Å². The van der Waals surface area contributed by atoms with Crippen LogP contribution in [0.5, 0.6) is 5.75 Å². The predicted molar refractivity (Wildman–Crippen MR) is 177 cm³/mol. The normalized spacial score (nSPS) is 19.3. The molecule has 1 saturated heterocycles. The van der Waals surface area contributed by atoms with Crippen molar-refractivity contribution in [2.75, 3.05) is 19.0 Å². The van der Waals surface area contributed by atoms with Crippen LogP contribution in [0.4, 0.5) is 5.82 Å². The first-order valence-corrected chi connectivity index (χ1v) is 15.4. The van der Waals surface area contributed by atoms with Gasteiger partial charge in [-0.15, -0.1) is 0 Å². The molecule has 0 saturated carbocycles. The second-order valence-electron chi connectivity index (χ2n) is 11.4. The smallest absolute Gasteiger partial charge is 0.256 e. The summed E-state index contributed by atoms with van der Waals surface area (Å²) in [6.07, 6.45) is -1.89. The van der Waals surface area contributed by atoms with E-state index in [9.17, 15) is 15.0 Å². The molecule has 0 aliphatic carbocycles. The molecule has 0 spiro atoms. The van der Waals surface area contributed by atoms with E-state index in [1.54, 1.807) is 31.4 Å². The number of hydrogen-bond donors (Lipinski definition) is 3. The third kappa shape index (κ3) is 5.69. The average Bonchev–Trinajstić information content (AvgIpc) is 3.70. The molecule has 4 atom stereocenters. The van der Waals surface area contributed by atoms with Crippen molar-refractivity contribution < 1.29 is 29.2 Å². The van der Waals surface area contributed by atoms with Gasteiger partial charge in [0.25, 0.3) is 5.91 Å². The molecule has 11 heteroatoms. The van der Waals surface area contributed by atoms with Gasteiger partial charge in [0.05, 0.1) is 20.0 Å². The second-order valence-corrected chi connectivity index (χ2v) is 11.4. The van der Waals surface area contributed by atoms with E-state index in [0.717, 1.165) is 16.7 Å². The Morgan fingerprint density at radius 3 is 2.15 bits per heavy atom. The van der Waals surface area contributed by atoms with Crippen LogP contribution < -0.4 is 10.1 Å². The molecule has 1 amide bonds. The Morgan fingerprint density at radius 2 is 1.48 bits per heavy atom. The quantitative estimate of drug-likeness (QED) is 0.181. The van der Waals surface area contributed by atoms with Gasteiger partial charge in [-0.25, -0.2) is 15.0 Å². The standard InChI is InChI=1S/C37H33N5O6/c1-46-28-19-11-18-27(20-28)37(25-14-7-3-8-15-25,26-16-9-4-10-17-26)47-21-29-31(43)32(44)36(48-29)42-23-40-30-33(38-22-39-34(30)42)41-35(45)24-12-5-2-6-13-24/h2-20,22-23,29,31-32,36,43-44H,21H2,1H3,(H,38,39,41,45)/t29-,31-,32-,36-/m1/s1. The first kappa shape index (κ1) is 31.2. The van der Waals surface area contributed by atoms with E-state index in [2.05, 4.69) is 20.3 Å². The van der Waals surface area contributed by atoms with E-state index in [0.29, 0.717) is 22.5 Å². The van der Waals surface area contributed by atoms with Crippen LogP contribution in [0.15, 0.2) is 128 Å². The Kier molecular flexibility index (Phi) is 8.66. The number of carbonyl (C=O) groups is 1. The van der Waals surface area contributed by atoms with Crippen LogP contribution >= 0.6 is 0 Å². The lowest BCUT2D eigenvalue weighted by Gasteiger charge is -2.37. The zero-order valence-corrected chi connectivity index (χ0v) is 26.0. The zero-order chi connectivity index (χ0) is 33.1. The highest BCUT2D eigenvalue weighted by Crippen LogP contribution is 2.43. The fourth-order valence-electron chi connectivity index (χ4n) is 6.14. The Hall–Kier alpha value is -5.46. The fraction of sp³-hybridized carbons (Fsp3) is 0.189.